The van der Waals surface area contributed by atoms with Crippen LogP contribution in [0.3, 0.4) is 0 Å². The van der Waals surface area contributed by atoms with E-state index in [1.54, 1.807) is 0 Å². The van der Waals surface area contributed by atoms with Gasteiger partial charge in [0.2, 0.25) is 5.91 Å². The molecule has 0 bridgehead atoms. The van der Waals surface area contributed by atoms with Crippen LogP contribution in [0.25, 0.3) is 0 Å². The summed E-state index contributed by atoms with van der Waals surface area (Å²) in [6.45, 7) is 6.77. The van der Waals surface area contributed by atoms with E-state index < -0.39 is 26.6 Å². The second kappa shape index (κ2) is 51.9. The number of likely N-dealkylation sites (N-methyl/N-ethyl adjacent to an activating group) is 1. The maximum atomic E-state index is 13.5. The number of nitrogens with one attached hydrogen (secondary N) is 1. The van der Waals surface area contributed by atoms with E-state index in [2.05, 4.69) is 86.8 Å². The van der Waals surface area contributed by atoms with Crippen molar-refractivity contribution in [3.05, 3.63) is 72.9 Å². The third-order valence-corrected chi connectivity index (χ3v) is 13.8. The second-order valence-electron chi connectivity index (χ2n) is 21.1. The Hall–Kier alpha value is -2.55. The van der Waals surface area contributed by atoms with Gasteiger partial charge in [0.1, 0.15) is 19.3 Å². The number of hydrogen-bond donors (Lipinski definition) is 1. The normalized spacial score (nSPS) is 14.3. The van der Waals surface area contributed by atoms with E-state index >= 15 is 0 Å². The fraction of sp³-hybridized carbons (Fsp3) is 0.774. The lowest BCUT2D eigenvalue weighted by molar-refractivity contribution is -0.870. The molecule has 0 aromatic rings. The number of allylic oxidation sites excluding steroid dienone is 11. The van der Waals surface area contributed by atoms with Gasteiger partial charge in [-0.05, 0) is 102 Å². The van der Waals surface area contributed by atoms with Gasteiger partial charge >= 0.3 is 5.97 Å². The predicted molar refractivity (Wildman–Crippen MR) is 307 cm³/mol. The number of rotatable bonds is 53. The van der Waals surface area contributed by atoms with E-state index in [1.165, 1.54) is 116 Å². The molecule has 0 aliphatic rings. The number of nitrogens with zero attached hydrogens (tertiary/aromatic N) is 1. The maximum Gasteiger partial charge on any atom is 0.306 e. The highest BCUT2D eigenvalue weighted by molar-refractivity contribution is 7.45. The third-order valence-electron chi connectivity index (χ3n) is 12.9. The summed E-state index contributed by atoms with van der Waals surface area (Å²) in [5, 5.41) is 3.01. The Kier molecular flexibility index (Phi) is 50.1. The number of carbonyl (C=O) groups is 2. The van der Waals surface area contributed by atoms with Crippen LogP contribution in [0.5, 0.6) is 0 Å². The first-order valence-electron chi connectivity index (χ1n) is 29.7. The molecule has 0 fully saturated rings. The molecule has 0 aliphatic carbocycles. The molecule has 0 aromatic heterocycles. The molecule has 0 rings (SSSR count). The molecule has 418 valence electrons. The smallest absolute Gasteiger partial charge is 0.306 e. The van der Waals surface area contributed by atoms with Crippen molar-refractivity contribution in [1.82, 2.24) is 5.32 Å². The minimum atomic E-state index is -4.71. The number of phosphoric ester groups is 1. The summed E-state index contributed by atoms with van der Waals surface area (Å²) in [5.41, 5.74) is 0. The lowest BCUT2D eigenvalue weighted by atomic mass is 10.0. The highest BCUT2D eigenvalue weighted by Crippen LogP contribution is 2.38. The lowest BCUT2D eigenvalue weighted by Crippen LogP contribution is -2.47. The molecule has 0 aliphatic heterocycles. The van der Waals surface area contributed by atoms with E-state index in [9.17, 15) is 19.0 Å². The van der Waals surface area contributed by atoms with Crippen LogP contribution in [0, 0.1) is 0 Å². The second-order valence-corrected chi connectivity index (χ2v) is 22.6. The quantitative estimate of drug-likeness (QED) is 0.0212. The van der Waals surface area contributed by atoms with E-state index in [4.69, 9.17) is 13.8 Å². The lowest BCUT2D eigenvalue weighted by Gasteiger charge is -2.30. The van der Waals surface area contributed by atoms with Gasteiger partial charge in [0, 0.05) is 12.8 Å². The number of phosphoric acid groups is 1. The SMILES string of the molecule is CCCCC/C=C\C/C=C\C/C=C\C/C=C\CCCCCCCC(=O)NC(COP(=O)([O-])OCC[N+](C)(C)C)C(/C=C\CCCCCCCCCCCC)OC(=O)CCCCC/C=C\CCCCCCCC. The number of carbonyl (C=O) groups excluding carboxylic acids is 2. The van der Waals surface area contributed by atoms with Gasteiger partial charge in [-0.1, -0.05) is 216 Å². The number of amides is 1. The van der Waals surface area contributed by atoms with Gasteiger partial charge in [0.05, 0.1) is 33.8 Å². The van der Waals surface area contributed by atoms with Crippen LogP contribution in [0.1, 0.15) is 258 Å². The van der Waals surface area contributed by atoms with E-state index in [0.717, 1.165) is 96.3 Å². The monoisotopic (exact) mass is 1030 g/mol. The Morgan fingerprint density at radius 3 is 1.32 bits per heavy atom. The Morgan fingerprint density at radius 1 is 0.486 bits per heavy atom. The number of ether oxygens (including phenoxy) is 1. The topological polar surface area (TPSA) is 114 Å². The van der Waals surface area contributed by atoms with Gasteiger partial charge in [0.15, 0.2) is 0 Å². The average molecular weight is 1030 g/mol. The first-order valence-corrected chi connectivity index (χ1v) is 31.2. The first-order chi connectivity index (χ1) is 34.9. The third kappa shape index (κ3) is 52.3. The summed E-state index contributed by atoms with van der Waals surface area (Å²) >= 11 is 0. The van der Waals surface area contributed by atoms with Crippen molar-refractivity contribution in [3.8, 4) is 0 Å². The molecule has 3 atom stereocenters. The number of quaternary nitrogens is 1. The fourth-order valence-electron chi connectivity index (χ4n) is 8.20. The summed E-state index contributed by atoms with van der Waals surface area (Å²) in [4.78, 5) is 39.9. The van der Waals surface area contributed by atoms with Gasteiger partial charge in [-0.2, -0.15) is 0 Å². The van der Waals surface area contributed by atoms with Crippen molar-refractivity contribution in [2.75, 3.05) is 40.9 Å². The van der Waals surface area contributed by atoms with E-state index in [-0.39, 0.29) is 24.9 Å². The van der Waals surface area contributed by atoms with Gasteiger partial charge in [-0.15, -0.1) is 0 Å². The van der Waals surface area contributed by atoms with Crippen molar-refractivity contribution in [3.63, 3.8) is 0 Å². The highest BCUT2D eigenvalue weighted by Gasteiger charge is 2.27. The molecule has 0 radical (unpaired) electrons. The van der Waals surface area contributed by atoms with Gasteiger partial charge < -0.3 is 28.5 Å². The molecule has 0 spiro atoms. The minimum absolute atomic E-state index is 0.0308. The van der Waals surface area contributed by atoms with Crippen molar-refractivity contribution in [1.29, 1.82) is 0 Å². The number of unbranched alkanes of at least 4 members (excludes halogenated alkanes) is 27. The summed E-state index contributed by atoms with van der Waals surface area (Å²) < 4.78 is 30.2. The number of esters is 1. The van der Waals surface area contributed by atoms with Crippen molar-refractivity contribution in [2.45, 2.75) is 270 Å². The van der Waals surface area contributed by atoms with Gasteiger partial charge in [0.25, 0.3) is 7.82 Å². The molecular weight excluding hydrogens is 916 g/mol. The zero-order valence-electron chi connectivity index (χ0n) is 47.6. The fourth-order valence-corrected chi connectivity index (χ4v) is 8.93. The molecule has 72 heavy (non-hydrogen) atoms. The zero-order chi connectivity index (χ0) is 52.9. The Bertz CT molecular complexity index is 1460. The van der Waals surface area contributed by atoms with E-state index in [1.807, 2.05) is 33.3 Å². The van der Waals surface area contributed by atoms with Crippen LogP contribution in [0.2, 0.25) is 0 Å². The first kappa shape index (κ1) is 69.5. The standard InChI is InChI=1S/C62H113N2O7P/c1-7-10-13-16-19-22-25-28-29-30-31-32-33-34-35-37-39-42-45-48-51-54-61(65)63-59(58-70-72(67,68)69-57-56-64(4,5)6)60(53-50-47-44-41-38-27-24-21-18-15-12-9-3)71-62(66)55-52-49-46-43-40-36-26-23-20-17-14-11-8-2/h19,22,28-29,31-32,34-36,40,50,53,59-60H,7-18,20-21,23-27,30,33,37-39,41-49,51-52,54-58H2,1-6H3,(H-,63,65,67,68)/b22-19-,29-28-,32-31-,35-34-,40-36-,53-50-. The van der Waals surface area contributed by atoms with Gasteiger partial charge in [-0.25, -0.2) is 0 Å². The number of hydrogen-bond acceptors (Lipinski definition) is 7. The van der Waals surface area contributed by atoms with Crippen molar-refractivity contribution < 1.29 is 37.3 Å². The highest BCUT2D eigenvalue weighted by atomic mass is 31.2. The van der Waals surface area contributed by atoms with E-state index in [0.29, 0.717) is 30.3 Å². The summed E-state index contributed by atoms with van der Waals surface area (Å²) in [7, 11) is 1.16. The minimum Gasteiger partial charge on any atom is -0.756 e. The molecule has 0 heterocycles. The summed E-state index contributed by atoms with van der Waals surface area (Å²) in [6.07, 6.45) is 65.8. The molecule has 9 nitrogen and oxygen atoms in total. The van der Waals surface area contributed by atoms with Gasteiger partial charge in [-0.3, -0.25) is 14.2 Å². The molecular formula is C62H113N2O7P. The van der Waals surface area contributed by atoms with Crippen LogP contribution in [0.4, 0.5) is 0 Å². The molecule has 1 N–H and O–H groups in total. The average Bonchev–Trinajstić information content (AvgIpc) is 3.34. The largest absolute Gasteiger partial charge is 0.756 e. The Balaban J connectivity index is 5.33. The predicted octanol–water partition coefficient (Wildman–Crippen LogP) is 17.4. The van der Waals surface area contributed by atoms with Crippen molar-refractivity contribution in [2.24, 2.45) is 0 Å². The molecule has 1 amide bonds. The molecule has 0 saturated carbocycles. The van der Waals surface area contributed by atoms with Crippen LogP contribution in [-0.4, -0.2) is 69.4 Å². The molecule has 10 heteroatoms. The van der Waals surface area contributed by atoms with Crippen LogP contribution in [-0.2, 0) is 27.9 Å². The van der Waals surface area contributed by atoms with Crippen LogP contribution in [0.15, 0.2) is 72.9 Å². The molecule has 0 aromatic carbocycles. The van der Waals surface area contributed by atoms with Crippen LogP contribution < -0.4 is 10.2 Å². The zero-order valence-corrected chi connectivity index (χ0v) is 48.5. The maximum absolute atomic E-state index is 13.5. The van der Waals surface area contributed by atoms with Crippen molar-refractivity contribution >= 4 is 19.7 Å². The summed E-state index contributed by atoms with van der Waals surface area (Å²) in [5.74, 6) is -0.581. The molecule has 3 unspecified atom stereocenters. The molecule has 0 saturated heterocycles. The van der Waals surface area contributed by atoms with Crippen LogP contribution >= 0.6 is 7.82 Å². The summed E-state index contributed by atoms with van der Waals surface area (Å²) in [6, 6.07) is -0.906. The Labute approximate surface area is 444 Å². The Morgan fingerprint density at radius 2 is 0.847 bits per heavy atom.